The van der Waals surface area contributed by atoms with E-state index in [4.69, 9.17) is 14.3 Å². The number of ether oxygens (including phenoxy) is 2. The van der Waals surface area contributed by atoms with Crippen molar-refractivity contribution in [2.75, 3.05) is 0 Å². The van der Waals surface area contributed by atoms with Crippen LogP contribution in [0.25, 0.3) is 0 Å². The predicted molar refractivity (Wildman–Crippen MR) is 95.3 cm³/mol. The number of hydroxylamine groups is 2. The van der Waals surface area contributed by atoms with Crippen molar-refractivity contribution in [3.63, 3.8) is 0 Å². The maximum Gasteiger partial charge on any atom is 0.408 e. The molecule has 28 heavy (non-hydrogen) atoms. The van der Waals surface area contributed by atoms with E-state index in [0.29, 0.717) is 5.06 Å². The number of hydrogen-bond donors (Lipinski definition) is 1. The van der Waals surface area contributed by atoms with E-state index in [1.807, 2.05) is 13.8 Å². The van der Waals surface area contributed by atoms with Crippen LogP contribution in [0.5, 0.6) is 0 Å². The fraction of sp³-hybridized carbons (Fsp3) is 0.722. The third-order valence-electron chi connectivity index (χ3n) is 3.49. The number of carbonyl (C=O) groups is 5. The first-order valence-corrected chi connectivity index (χ1v) is 9.07. The Morgan fingerprint density at radius 3 is 2.04 bits per heavy atom. The molecular weight excluding hydrogens is 372 g/mol. The van der Waals surface area contributed by atoms with Crippen molar-refractivity contribution in [3.8, 4) is 0 Å². The van der Waals surface area contributed by atoms with Gasteiger partial charge in [-0.1, -0.05) is 13.8 Å². The molecule has 158 valence electrons. The van der Waals surface area contributed by atoms with Gasteiger partial charge in [0.25, 0.3) is 11.8 Å². The molecule has 0 aromatic heterocycles. The molecule has 1 fully saturated rings. The lowest BCUT2D eigenvalue weighted by Crippen LogP contribution is -2.46. The number of amides is 3. The first kappa shape index (κ1) is 23.4. The number of carbonyl (C=O) groups excluding carboxylic acids is 5. The first-order valence-electron chi connectivity index (χ1n) is 9.07. The van der Waals surface area contributed by atoms with Crippen LogP contribution in [-0.2, 0) is 33.5 Å². The zero-order valence-corrected chi connectivity index (χ0v) is 17.1. The second kappa shape index (κ2) is 9.52. The highest BCUT2D eigenvalue weighted by molar-refractivity contribution is 6.01. The summed E-state index contributed by atoms with van der Waals surface area (Å²) in [5.41, 5.74) is -0.748. The van der Waals surface area contributed by atoms with Gasteiger partial charge >= 0.3 is 18.0 Å². The van der Waals surface area contributed by atoms with Crippen LogP contribution < -0.4 is 5.32 Å². The SMILES string of the molecule is CC(C)C[C@H](NC(=O)OC(C)(C)C)C(=O)O[C@@H](C)C(=O)ON1C(=O)CCC1=O. The van der Waals surface area contributed by atoms with Crippen LogP contribution in [0.3, 0.4) is 0 Å². The van der Waals surface area contributed by atoms with Gasteiger partial charge in [0.2, 0.25) is 0 Å². The van der Waals surface area contributed by atoms with E-state index in [0.717, 1.165) is 0 Å². The average Bonchev–Trinajstić information content (AvgIpc) is 2.83. The molecule has 0 unspecified atom stereocenters. The van der Waals surface area contributed by atoms with Gasteiger partial charge in [0.15, 0.2) is 6.10 Å². The van der Waals surface area contributed by atoms with Crippen molar-refractivity contribution in [2.45, 2.75) is 78.6 Å². The number of hydrogen-bond acceptors (Lipinski definition) is 8. The molecule has 3 amide bonds. The molecule has 1 rings (SSSR count). The highest BCUT2D eigenvalue weighted by Crippen LogP contribution is 2.14. The van der Waals surface area contributed by atoms with Gasteiger partial charge < -0.3 is 19.6 Å². The van der Waals surface area contributed by atoms with Crippen LogP contribution in [0.2, 0.25) is 0 Å². The Hall–Kier alpha value is -2.65. The minimum absolute atomic E-state index is 0.0367. The van der Waals surface area contributed by atoms with E-state index in [9.17, 15) is 24.0 Å². The van der Waals surface area contributed by atoms with Crippen molar-refractivity contribution in [1.82, 2.24) is 10.4 Å². The fourth-order valence-corrected chi connectivity index (χ4v) is 2.26. The second-order valence-corrected chi connectivity index (χ2v) is 7.90. The Balaban J connectivity index is 2.69. The Morgan fingerprint density at radius 1 is 1.04 bits per heavy atom. The lowest BCUT2D eigenvalue weighted by molar-refractivity contribution is -0.205. The van der Waals surface area contributed by atoms with E-state index in [-0.39, 0.29) is 25.2 Å². The number of imide groups is 1. The molecule has 0 bridgehead atoms. The summed E-state index contributed by atoms with van der Waals surface area (Å²) >= 11 is 0. The monoisotopic (exact) mass is 400 g/mol. The zero-order valence-electron chi connectivity index (χ0n) is 17.1. The van der Waals surface area contributed by atoms with Gasteiger partial charge in [-0.3, -0.25) is 9.59 Å². The first-order chi connectivity index (χ1) is 12.8. The topological polar surface area (TPSA) is 128 Å². The molecule has 1 aliphatic rings. The predicted octanol–water partition coefficient (Wildman–Crippen LogP) is 1.46. The minimum atomic E-state index is -1.39. The van der Waals surface area contributed by atoms with Gasteiger partial charge in [-0.2, -0.15) is 0 Å². The number of nitrogens with zero attached hydrogens (tertiary/aromatic N) is 1. The fourth-order valence-electron chi connectivity index (χ4n) is 2.26. The summed E-state index contributed by atoms with van der Waals surface area (Å²) in [6.45, 7) is 9.98. The van der Waals surface area contributed by atoms with Gasteiger partial charge in [-0.05, 0) is 40.0 Å². The Bertz CT molecular complexity index is 622. The number of alkyl carbamates (subject to hydrolysis) is 1. The quantitative estimate of drug-likeness (QED) is 0.502. The van der Waals surface area contributed by atoms with Gasteiger partial charge in [0.1, 0.15) is 11.6 Å². The van der Waals surface area contributed by atoms with Crippen molar-refractivity contribution in [3.05, 3.63) is 0 Å². The second-order valence-electron chi connectivity index (χ2n) is 7.90. The standard InChI is InChI=1S/C18H28N2O8/c1-10(2)9-12(19-17(25)27-18(4,5)6)16(24)26-11(3)15(23)28-20-13(21)7-8-14(20)22/h10-12H,7-9H2,1-6H3,(H,19,25)/t11-,12-/m0/s1. The number of rotatable bonds is 7. The van der Waals surface area contributed by atoms with Crippen LogP contribution in [0.15, 0.2) is 0 Å². The maximum absolute atomic E-state index is 12.4. The van der Waals surface area contributed by atoms with Crippen molar-refractivity contribution >= 4 is 29.8 Å². The molecule has 10 nitrogen and oxygen atoms in total. The summed E-state index contributed by atoms with van der Waals surface area (Å²) in [5.74, 6) is -3.17. The summed E-state index contributed by atoms with van der Waals surface area (Å²) in [6.07, 6.45) is -2.02. The zero-order chi connectivity index (χ0) is 21.6. The van der Waals surface area contributed by atoms with E-state index in [2.05, 4.69) is 5.32 Å². The normalized spacial score (nSPS) is 16.6. The number of nitrogens with one attached hydrogen (secondary N) is 1. The Labute approximate surface area is 163 Å². The highest BCUT2D eigenvalue weighted by Gasteiger charge is 2.36. The van der Waals surface area contributed by atoms with Crippen molar-refractivity contribution in [2.24, 2.45) is 5.92 Å². The molecule has 1 heterocycles. The largest absolute Gasteiger partial charge is 0.449 e. The number of esters is 1. The Kier molecular flexibility index (Phi) is 7.95. The van der Waals surface area contributed by atoms with Crippen molar-refractivity contribution < 1.29 is 38.3 Å². The van der Waals surface area contributed by atoms with Gasteiger partial charge in [0, 0.05) is 12.8 Å². The average molecular weight is 400 g/mol. The van der Waals surface area contributed by atoms with E-state index in [1.54, 1.807) is 20.8 Å². The van der Waals surface area contributed by atoms with Gasteiger partial charge in [-0.15, -0.1) is 5.06 Å². The van der Waals surface area contributed by atoms with Crippen LogP contribution in [0.1, 0.15) is 60.8 Å². The van der Waals surface area contributed by atoms with Crippen molar-refractivity contribution in [1.29, 1.82) is 0 Å². The molecule has 0 spiro atoms. The lowest BCUT2D eigenvalue weighted by atomic mass is 10.0. The third kappa shape index (κ3) is 7.53. The smallest absolute Gasteiger partial charge is 0.408 e. The molecule has 2 atom stereocenters. The summed E-state index contributed by atoms with van der Waals surface area (Å²) < 4.78 is 10.2. The third-order valence-corrected chi connectivity index (χ3v) is 3.49. The van der Waals surface area contributed by atoms with Crippen LogP contribution >= 0.6 is 0 Å². The molecule has 0 aromatic rings. The molecule has 0 aromatic carbocycles. The van der Waals surface area contributed by atoms with Gasteiger partial charge in [0.05, 0.1) is 0 Å². The van der Waals surface area contributed by atoms with E-state index < -0.39 is 47.6 Å². The molecule has 0 saturated carbocycles. The van der Waals surface area contributed by atoms with E-state index in [1.165, 1.54) is 6.92 Å². The lowest BCUT2D eigenvalue weighted by Gasteiger charge is -2.24. The Morgan fingerprint density at radius 2 is 1.57 bits per heavy atom. The van der Waals surface area contributed by atoms with Crippen LogP contribution in [0.4, 0.5) is 4.79 Å². The molecule has 1 aliphatic heterocycles. The molecule has 10 heteroatoms. The molecule has 0 aliphatic carbocycles. The summed E-state index contributed by atoms with van der Waals surface area (Å²) in [6, 6.07) is -1.04. The molecular formula is C18H28N2O8. The van der Waals surface area contributed by atoms with Crippen LogP contribution in [0, 0.1) is 5.92 Å². The summed E-state index contributed by atoms with van der Waals surface area (Å²) in [5, 5.41) is 2.80. The van der Waals surface area contributed by atoms with Crippen LogP contribution in [-0.4, -0.2) is 52.7 Å². The maximum atomic E-state index is 12.4. The molecule has 0 radical (unpaired) electrons. The van der Waals surface area contributed by atoms with Gasteiger partial charge in [-0.25, -0.2) is 14.4 Å². The highest BCUT2D eigenvalue weighted by atomic mass is 16.7. The van der Waals surface area contributed by atoms with E-state index >= 15 is 0 Å². The molecule has 1 saturated heterocycles. The molecule has 1 N–H and O–H groups in total. The summed E-state index contributed by atoms with van der Waals surface area (Å²) in [4.78, 5) is 64.1. The summed E-state index contributed by atoms with van der Waals surface area (Å²) in [7, 11) is 0. The minimum Gasteiger partial charge on any atom is -0.449 e.